The average Bonchev–Trinajstić information content (AvgIpc) is 3.04. The topological polar surface area (TPSA) is 95.6 Å². The van der Waals surface area contributed by atoms with E-state index in [4.69, 9.17) is 17.3 Å². The standard InChI is InChI=1S/C21H26ClN5O2.2ClH/c1-13-10-17(28)19-18(13)20(25-12-24-19)26-6-8-27(9-7-26)21(29)16(11-23)14-2-4-15(22)5-3-14;;/h2-5,12-13,16-17,28H,6-11,23H2,1H3;2*1H/t13-,16?,17-;;/m1../s1. The minimum atomic E-state index is -0.519. The number of carbonyl (C=O) groups excluding carboxylic acids is 1. The molecule has 2 aliphatic rings. The highest BCUT2D eigenvalue weighted by Gasteiger charge is 2.34. The van der Waals surface area contributed by atoms with Gasteiger partial charge < -0.3 is 20.6 Å². The molecule has 1 unspecified atom stereocenters. The number of anilines is 1. The minimum Gasteiger partial charge on any atom is -0.387 e. The van der Waals surface area contributed by atoms with Gasteiger partial charge in [-0.05, 0) is 30.0 Å². The summed E-state index contributed by atoms with van der Waals surface area (Å²) in [5, 5.41) is 10.9. The summed E-state index contributed by atoms with van der Waals surface area (Å²) in [6.45, 7) is 4.96. The molecule has 0 saturated carbocycles. The number of hydrogen-bond acceptors (Lipinski definition) is 6. The molecule has 3 N–H and O–H groups in total. The number of hydrogen-bond donors (Lipinski definition) is 2. The number of halogens is 3. The van der Waals surface area contributed by atoms with Crippen LogP contribution in [0.5, 0.6) is 0 Å². The van der Waals surface area contributed by atoms with Crippen molar-refractivity contribution in [2.45, 2.75) is 31.3 Å². The van der Waals surface area contributed by atoms with E-state index in [1.165, 1.54) is 6.33 Å². The van der Waals surface area contributed by atoms with Gasteiger partial charge in [0.15, 0.2) is 0 Å². The molecule has 2 aromatic rings. The van der Waals surface area contributed by atoms with E-state index in [2.05, 4.69) is 21.8 Å². The first-order valence-electron chi connectivity index (χ1n) is 10.0. The first-order valence-corrected chi connectivity index (χ1v) is 10.4. The Morgan fingerprint density at radius 2 is 1.84 bits per heavy atom. The van der Waals surface area contributed by atoms with Crippen LogP contribution in [0, 0.1) is 0 Å². The zero-order valence-electron chi connectivity index (χ0n) is 17.3. The molecule has 170 valence electrons. The third-order valence-corrected chi connectivity index (χ3v) is 6.23. The molecule has 1 amide bonds. The molecule has 1 aliphatic carbocycles. The summed E-state index contributed by atoms with van der Waals surface area (Å²) >= 11 is 5.96. The van der Waals surface area contributed by atoms with E-state index < -0.39 is 6.10 Å². The van der Waals surface area contributed by atoms with E-state index in [9.17, 15) is 9.90 Å². The Hall–Kier alpha value is -1.64. The van der Waals surface area contributed by atoms with Crippen LogP contribution in [-0.4, -0.2) is 58.6 Å². The second-order valence-corrected chi connectivity index (χ2v) is 8.24. The van der Waals surface area contributed by atoms with Crippen molar-refractivity contribution in [2.24, 2.45) is 5.73 Å². The maximum Gasteiger partial charge on any atom is 0.231 e. The fourth-order valence-electron chi connectivity index (χ4n) is 4.39. The van der Waals surface area contributed by atoms with Gasteiger partial charge in [0.2, 0.25) is 5.91 Å². The summed E-state index contributed by atoms with van der Waals surface area (Å²) in [5.74, 6) is 0.796. The van der Waals surface area contributed by atoms with Gasteiger partial charge in [-0.1, -0.05) is 30.7 Å². The van der Waals surface area contributed by atoms with Gasteiger partial charge in [-0.15, -0.1) is 24.8 Å². The number of aliphatic hydroxyl groups is 1. The predicted molar refractivity (Wildman–Crippen MR) is 127 cm³/mol. The van der Waals surface area contributed by atoms with Crippen LogP contribution in [0.1, 0.15) is 48.1 Å². The lowest BCUT2D eigenvalue weighted by Gasteiger charge is -2.37. The zero-order chi connectivity index (χ0) is 20.5. The molecule has 10 heteroatoms. The summed E-state index contributed by atoms with van der Waals surface area (Å²) in [6, 6.07) is 7.31. The quantitative estimate of drug-likeness (QED) is 0.687. The first-order chi connectivity index (χ1) is 14.0. The zero-order valence-corrected chi connectivity index (χ0v) is 19.7. The molecule has 2 heterocycles. The van der Waals surface area contributed by atoms with Crippen molar-refractivity contribution in [3.8, 4) is 0 Å². The fourth-order valence-corrected chi connectivity index (χ4v) is 4.51. The lowest BCUT2D eigenvalue weighted by Crippen LogP contribution is -2.51. The molecule has 1 aromatic heterocycles. The number of piperazine rings is 1. The van der Waals surface area contributed by atoms with Crippen molar-refractivity contribution in [2.75, 3.05) is 37.6 Å². The Kier molecular flexibility index (Phi) is 8.92. The molecule has 1 aliphatic heterocycles. The van der Waals surface area contributed by atoms with Crippen LogP contribution in [0.25, 0.3) is 0 Å². The lowest BCUT2D eigenvalue weighted by atomic mass is 9.97. The van der Waals surface area contributed by atoms with Crippen molar-refractivity contribution >= 4 is 48.1 Å². The molecule has 0 spiro atoms. The molecule has 31 heavy (non-hydrogen) atoms. The summed E-state index contributed by atoms with van der Waals surface area (Å²) in [5.41, 5.74) is 8.60. The Labute approximate surface area is 199 Å². The SMILES string of the molecule is C[C@@H]1C[C@@H](O)c2ncnc(N3CCN(C(=O)C(CN)c4ccc(Cl)cc4)CC3)c21.Cl.Cl. The third-order valence-electron chi connectivity index (χ3n) is 5.98. The number of fused-ring (bicyclic) bond motifs is 1. The van der Waals surface area contributed by atoms with Crippen LogP contribution >= 0.6 is 36.4 Å². The molecule has 4 rings (SSSR count). The van der Waals surface area contributed by atoms with E-state index >= 15 is 0 Å². The number of benzene rings is 1. The monoisotopic (exact) mass is 487 g/mol. The van der Waals surface area contributed by atoms with E-state index in [1.54, 1.807) is 12.1 Å². The molecule has 1 fully saturated rings. The van der Waals surface area contributed by atoms with Gasteiger partial charge in [0.25, 0.3) is 0 Å². The van der Waals surface area contributed by atoms with Gasteiger partial charge >= 0.3 is 0 Å². The molecule has 1 saturated heterocycles. The van der Waals surface area contributed by atoms with Gasteiger partial charge in [0.1, 0.15) is 12.1 Å². The van der Waals surface area contributed by atoms with Crippen molar-refractivity contribution in [1.82, 2.24) is 14.9 Å². The molecular formula is C21H28Cl3N5O2. The molecule has 0 bridgehead atoms. The lowest BCUT2D eigenvalue weighted by molar-refractivity contribution is -0.132. The van der Waals surface area contributed by atoms with E-state index in [0.29, 0.717) is 37.6 Å². The minimum absolute atomic E-state index is 0. The molecule has 7 nitrogen and oxygen atoms in total. The maximum absolute atomic E-state index is 13.1. The van der Waals surface area contributed by atoms with Gasteiger partial charge in [-0.2, -0.15) is 0 Å². The fraction of sp³-hybridized carbons (Fsp3) is 0.476. The Morgan fingerprint density at radius 1 is 1.19 bits per heavy atom. The summed E-state index contributed by atoms with van der Waals surface area (Å²) in [7, 11) is 0. The van der Waals surface area contributed by atoms with Crippen LogP contribution < -0.4 is 10.6 Å². The van der Waals surface area contributed by atoms with Crippen molar-refractivity contribution in [3.05, 3.63) is 52.4 Å². The van der Waals surface area contributed by atoms with Gasteiger partial charge in [-0.3, -0.25) is 4.79 Å². The Morgan fingerprint density at radius 3 is 2.45 bits per heavy atom. The Balaban J connectivity index is 0.00000171. The number of nitrogens with zero attached hydrogens (tertiary/aromatic N) is 4. The van der Waals surface area contributed by atoms with Crippen LogP contribution in [0.2, 0.25) is 5.02 Å². The van der Waals surface area contributed by atoms with Crippen molar-refractivity contribution in [3.63, 3.8) is 0 Å². The normalized spacial score (nSPS) is 21.0. The van der Waals surface area contributed by atoms with Crippen molar-refractivity contribution in [1.29, 1.82) is 0 Å². The highest BCUT2D eigenvalue weighted by molar-refractivity contribution is 6.30. The number of nitrogens with two attached hydrogens (primary N) is 1. The third kappa shape index (κ3) is 5.07. The Bertz CT molecular complexity index is 891. The molecular weight excluding hydrogens is 461 g/mol. The molecule has 1 aromatic carbocycles. The first kappa shape index (κ1) is 25.6. The van der Waals surface area contributed by atoms with E-state index in [1.807, 2.05) is 17.0 Å². The second kappa shape index (κ2) is 10.8. The summed E-state index contributed by atoms with van der Waals surface area (Å²) in [6.07, 6.45) is 1.69. The number of rotatable bonds is 4. The van der Waals surface area contributed by atoms with Gasteiger partial charge in [-0.25, -0.2) is 9.97 Å². The predicted octanol–water partition coefficient (Wildman–Crippen LogP) is 2.91. The van der Waals surface area contributed by atoms with Gasteiger partial charge in [0, 0.05) is 43.3 Å². The van der Waals surface area contributed by atoms with Crippen LogP contribution in [0.15, 0.2) is 30.6 Å². The molecule has 0 radical (unpaired) electrons. The van der Waals surface area contributed by atoms with Crippen LogP contribution in [0.4, 0.5) is 5.82 Å². The number of aromatic nitrogens is 2. The smallest absolute Gasteiger partial charge is 0.231 e. The number of carbonyl (C=O) groups is 1. The van der Waals surface area contributed by atoms with Crippen LogP contribution in [-0.2, 0) is 4.79 Å². The largest absolute Gasteiger partial charge is 0.387 e. The molecule has 3 atom stereocenters. The maximum atomic E-state index is 13.1. The van der Waals surface area contributed by atoms with Crippen LogP contribution in [0.3, 0.4) is 0 Å². The highest BCUT2D eigenvalue weighted by Crippen LogP contribution is 2.42. The number of aliphatic hydroxyl groups excluding tert-OH is 1. The summed E-state index contributed by atoms with van der Waals surface area (Å²) in [4.78, 5) is 25.9. The number of amides is 1. The average molecular weight is 489 g/mol. The van der Waals surface area contributed by atoms with E-state index in [0.717, 1.165) is 22.6 Å². The summed E-state index contributed by atoms with van der Waals surface area (Å²) < 4.78 is 0. The highest BCUT2D eigenvalue weighted by atomic mass is 35.5. The second-order valence-electron chi connectivity index (χ2n) is 7.80. The van der Waals surface area contributed by atoms with Gasteiger partial charge in [0.05, 0.1) is 17.7 Å². The van der Waals surface area contributed by atoms with E-state index in [-0.39, 0.29) is 49.1 Å². The van der Waals surface area contributed by atoms with Crippen molar-refractivity contribution < 1.29 is 9.90 Å².